The molecule has 9 nitrogen and oxygen atoms in total. The zero-order valence-corrected chi connectivity index (χ0v) is 21.5. The third kappa shape index (κ3) is 6.94. The van der Waals surface area contributed by atoms with Crippen molar-refractivity contribution in [3.63, 3.8) is 0 Å². The lowest BCUT2D eigenvalue weighted by Gasteiger charge is -2.28. The highest BCUT2D eigenvalue weighted by atomic mass is 32.2. The van der Waals surface area contributed by atoms with Crippen LogP contribution < -0.4 is 10.0 Å². The first-order valence-corrected chi connectivity index (χ1v) is 13.8. The molecule has 3 aromatic rings. The van der Waals surface area contributed by atoms with Gasteiger partial charge in [-0.2, -0.15) is 5.10 Å². The number of aryl methyl sites for hydroxylation is 2. The number of benzene rings is 1. The predicted octanol–water partition coefficient (Wildman–Crippen LogP) is 3.13. The maximum atomic E-state index is 13.5. The number of hydrogen-bond donors (Lipinski definition) is 2. The van der Waals surface area contributed by atoms with Gasteiger partial charge in [-0.1, -0.05) is 12.1 Å². The molecule has 1 aliphatic carbocycles. The van der Waals surface area contributed by atoms with Crippen LogP contribution in [-0.4, -0.2) is 46.4 Å². The number of nitrogens with one attached hydrogen (secondary N) is 2. The van der Waals surface area contributed by atoms with Gasteiger partial charge in [-0.15, -0.1) is 0 Å². The Balaban J connectivity index is 1.38. The maximum Gasteiger partial charge on any atom is 0.270 e. The Bertz CT molecular complexity index is 1350. The Hall–Kier alpha value is -3.18. The van der Waals surface area contributed by atoms with Crippen LogP contribution >= 0.6 is 0 Å². The first kappa shape index (κ1) is 25.9. The number of aromatic nitrogens is 4. The lowest BCUT2D eigenvalue weighted by molar-refractivity contribution is 0.0945. The van der Waals surface area contributed by atoms with Crippen molar-refractivity contribution >= 4 is 15.9 Å². The molecule has 2 N–H and O–H groups in total. The van der Waals surface area contributed by atoms with Gasteiger partial charge in [0.15, 0.2) is 5.82 Å². The molecule has 1 aromatic carbocycles. The summed E-state index contributed by atoms with van der Waals surface area (Å²) in [7, 11) is -3.19. The number of carbonyl (C=O) groups excluding carboxylic acids is 1. The summed E-state index contributed by atoms with van der Waals surface area (Å²) in [5.41, 5.74) is 2.96. The first-order valence-electron chi connectivity index (χ1n) is 11.9. The molecular formula is C25H31FN6O3S. The summed E-state index contributed by atoms with van der Waals surface area (Å²) >= 11 is 0. The smallest absolute Gasteiger partial charge is 0.270 e. The summed E-state index contributed by atoms with van der Waals surface area (Å²) in [5.74, 6) is 0.295. The molecular weight excluding hydrogens is 483 g/mol. The second-order valence-corrected chi connectivity index (χ2v) is 11.3. The highest BCUT2D eigenvalue weighted by Crippen LogP contribution is 2.26. The lowest BCUT2D eigenvalue weighted by atomic mass is 9.86. The molecule has 0 atom stereocenters. The van der Waals surface area contributed by atoms with Crippen LogP contribution in [-0.2, 0) is 23.1 Å². The van der Waals surface area contributed by atoms with Crippen molar-refractivity contribution in [2.75, 3.05) is 6.26 Å². The molecule has 0 unspecified atom stereocenters. The van der Waals surface area contributed by atoms with Crippen molar-refractivity contribution in [2.45, 2.75) is 58.7 Å². The van der Waals surface area contributed by atoms with Crippen LogP contribution in [0.3, 0.4) is 0 Å². The van der Waals surface area contributed by atoms with Gasteiger partial charge in [0.2, 0.25) is 10.0 Å². The van der Waals surface area contributed by atoms with Crippen molar-refractivity contribution in [3.8, 4) is 11.4 Å². The monoisotopic (exact) mass is 514 g/mol. The zero-order chi connectivity index (χ0) is 25.9. The van der Waals surface area contributed by atoms with Gasteiger partial charge >= 0.3 is 0 Å². The van der Waals surface area contributed by atoms with Crippen LogP contribution in [0, 0.1) is 25.6 Å². The van der Waals surface area contributed by atoms with Crippen LogP contribution in [0.25, 0.3) is 11.4 Å². The molecule has 1 amide bonds. The van der Waals surface area contributed by atoms with Crippen molar-refractivity contribution in [1.82, 2.24) is 29.8 Å². The van der Waals surface area contributed by atoms with Crippen LogP contribution in [0.4, 0.5) is 4.39 Å². The quantitative estimate of drug-likeness (QED) is 0.477. The minimum absolute atomic E-state index is 0.000926. The van der Waals surface area contributed by atoms with E-state index in [4.69, 9.17) is 0 Å². The average molecular weight is 515 g/mol. The first-order chi connectivity index (χ1) is 17.1. The van der Waals surface area contributed by atoms with E-state index in [2.05, 4.69) is 25.1 Å². The molecule has 1 fully saturated rings. The van der Waals surface area contributed by atoms with E-state index in [-0.39, 0.29) is 30.0 Å². The molecule has 0 aliphatic heterocycles. The minimum Gasteiger partial charge on any atom is -0.347 e. The average Bonchev–Trinajstić information content (AvgIpc) is 3.28. The summed E-state index contributed by atoms with van der Waals surface area (Å²) < 4.78 is 40.9. The fraction of sp³-hybridized carbons (Fsp3) is 0.440. The topological polar surface area (TPSA) is 119 Å². The summed E-state index contributed by atoms with van der Waals surface area (Å²) in [4.78, 5) is 21.5. The fourth-order valence-corrected chi connectivity index (χ4v) is 5.39. The van der Waals surface area contributed by atoms with E-state index in [1.165, 1.54) is 12.3 Å². The predicted molar refractivity (Wildman–Crippen MR) is 134 cm³/mol. The van der Waals surface area contributed by atoms with E-state index < -0.39 is 10.0 Å². The summed E-state index contributed by atoms with van der Waals surface area (Å²) in [5, 5.41) is 7.44. The number of amides is 1. The van der Waals surface area contributed by atoms with Gasteiger partial charge in [0.25, 0.3) is 5.91 Å². The van der Waals surface area contributed by atoms with Crippen LogP contribution in [0.1, 0.15) is 53.0 Å². The standard InChI is InChI=1S/C25H31FN6O3S/c1-16-10-19(6-9-22(16)26)13-27-25(33)23-12-20(11-17(2)29-23)24-28-15-32(30-24)14-18-4-7-21(8-5-18)31-36(3,34)35/h6,9-12,15,18,21,31H,4-5,7-8,13-14H2,1-3H3,(H,27,33). The SMILES string of the molecule is Cc1cc(-c2ncn(CC3CCC(NS(C)(=O)=O)CC3)n2)cc(C(=O)NCc2ccc(F)c(C)c2)n1. The number of hydrogen-bond acceptors (Lipinski definition) is 6. The Labute approximate surface area is 210 Å². The maximum absolute atomic E-state index is 13.5. The summed E-state index contributed by atoms with van der Waals surface area (Å²) in [6.45, 7) is 4.46. The summed E-state index contributed by atoms with van der Waals surface area (Å²) in [6, 6.07) is 8.24. The van der Waals surface area contributed by atoms with Gasteiger partial charge < -0.3 is 5.32 Å². The Morgan fingerprint density at radius 2 is 1.89 bits per heavy atom. The van der Waals surface area contributed by atoms with Gasteiger partial charge in [-0.05, 0) is 74.8 Å². The van der Waals surface area contributed by atoms with E-state index in [0.29, 0.717) is 35.1 Å². The number of rotatable bonds is 8. The van der Waals surface area contributed by atoms with E-state index in [9.17, 15) is 17.6 Å². The van der Waals surface area contributed by atoms with Gasteiger partial charge in [-0.3, -0.25) is 9.48 Å². The summed E-state index contributed by atoms with van der Waals surface area (Å²) in [6.07, 6.45) is 6.31. The van der Waals surface area contributed by atoms with Crippen LogP contribution in [0.15, 0.2) is 36.7 Å². The Morgan fingerprint density at radius 1 is 1.14 bits per heavy atom. The van der Waals surface area contributed by atoms with Crippen LogP contribution in [0.2, 0.25) is 0 Å². The molecule has 2 heterocycles. The van der Waals surface area contributed by atoms with Crippen LogP contribution in [0.5, 0.6) is 0 Å². The number of nitrogens with zero attached hydrogens (tertiary/aromatic N) is 4. The molecule has 0 spiro atoms. The van der Waals surface area contributed by atoms with Crippen molar-refractivity contribution in [1.29, 1.82) is 0 Å². The third-order valence-electron chi connectivity index (χ3n) is 6.33. The second kappa shape index (κ2) is 10.8. The third-order valence-corrected chi connectivity index (χ3v) is 7.09. The molecule has 1 saturated carbocycles. The van der Waals surface area contributed by atoms with Crippen molar-refractivity contribution < 1.29 is 17.6 Å². The van der Waals surface area contributed by atoms with Crippen molar-refractivity contribution in [3.05, 3.63) is 65.0 Å². The number of carbonyl (C=O) groups is 1. The Morgan fingerprint density at radius 3 is 2.58 bits per heavy atom. The molecule has 0 bridgehead atoms. The lowest BCUT2D eigenvalue weighted by Crippen LogP contribution is -2.37. The Kier molecular flexibility index (Phi) is 7.79. The zero-order valence-electron chi connectivity index (χ0n) is 20.7. The normalized spacial score (nSPS) is 18.2. The molecule has 11 heteroatoms. The highest BCUT2D eigenvalue weighted by Gasteiger charge is 2.24. The fourth-order valence-electron chi connectivity index (χ4n) is 4.55. The number of sulfonamides is 1. The molecule has 1 aliphatic rings. The van der Waals surface area contributed by atoms with Gasteiger partial charge in [0.05, 0.1) is 6.26 Å². The van der Waals surface area contributed by atoms with Gasteiger partial charge in [-0.25, -0.2) is 27.5 Å². The highest BCUT2D eigenvalue weighted by molar-refractivity contribution is 7.88. The number of pyridine rings is 1. The molecule has 2 aromatic heterocycles. The molecule has 0 radical (unpaired) electrons. The minimum atomic E-state index is -3.19. The molecule has 36 heavy (non-hydrogen) atoms. The van der Waals surface area contributed by atoms with E-state index in [1.54, 1.807) is 36.1 Å². The van der Waals surface area contributed by atoms with E-state index in [0.717, 1.165) is 31.2 Å². The molecule has 0 saturated heterocycles. The van der Waals surface area contributed by atoms with E-state index in [1.807, 2.05) is 13.0 Å². The largest absolute Gasteiger partial charge is 0.347 e. The molecule has 4 rings (SSSR count). The van der Waals surface area contributed by atoms with Gasteiger partial charge in [0, 0.05) is 30.4 Å². The number of halogens is 1. The van der Waals surface area contributed by atoms with Gasteiger partial charge in [0.1, 0.15) is 17.8 Å². The molecule has 192 valence electrons. The van der Waals surface area contributed by atoms with E-state index >= 15 is 0 Å². The van der Waals surface area contributed by atoms with Crippen molar-refractivity contribution in [2.24, 2.45) is 5.92 Å². The second-order valence-electron chi connectivity index (χ2n) is 9.55.